The highest BCUT2D eigenvalue weighted by molar-refractivity contribution is 5.67. The molecule has 3 heteroatoms. The zero-order valence-corrected chi connectivity index (χ0v) is 12.6. The van der Waals surface area contributed by atoms with Gasteiger partial charge in [-0.1, -0.05) is 55.7 Å². The van der Waals surface area contributed by atoms with Crippen molar-refractivity contribution in [1.29, 1.82) is 0 Å². The Balaban J connectivity index is 1.81. The van der Waals surface area contributed by atoms with Crippen LogP contribution < -0.4 is 5.32 Å². The van der Waals surface area contributed by atoms with Crippen molar-refractivity contribution in [2.45, 2.75) is 51.2 Å². The van der Waals surface area contributed by atoms with Crippen molar-refractivity contribution < 1.29 is 9.53 Å². The molecule has 1 aliphatic carbocycles. The number of carbonyl (C=O) groups is 1. The van der Waals surface area contributed by atoms with Gasteiger partial charge in [0.25, 0.3) is 0 Å². The molecule has 3 nitrogen and oxygen atoms in total. The molecule has 0 aromatic heterocycles. The van der Waals surface area contributed by atoms with Crippen molar-refractivity contribution in [2.75, 3.05) is 0 Å². The van der Waals surface area contributed by atoms with E-state index in [0.717, 1.165) is 12.0 Å². The molecule has 21 heavy (non-hydrogen) atoms. The van der Waals surface area contributed by atoms with Crippen LogP contribution in [0.3, 0.4) is 0 Å². The fraction of sp³-hybridized carbons (Fsp3) is 0.500. The average molecular weight is 287 g/mol. The monoisotopic (exact) mass is 287 g/mol. The van der Waals surface area contributed by atoms with Crippen LogP contribution in [0.15, 0.2) is 43.0 Å². The van der Waals surface area contributed by atoms with E-state index in [2.05, 4.69) is 11.9 Å². The molecule has 0 saturated heterocycles. The van der Waals surface area contributed by atoms with Gasteiger partial charge in [-0.3, -0.25) is 0 Å². The smallest absolute Gasteiger partial charge is 0.407 e. The van der Waals surface area contributed by atoms with Crippen LogP contribution in [0.5, 0.6) is 0 Å². The molecule has 0 bridgehead atoms. The van der Waals surface area contributed by atoms with Gasteiger partial charge in [0.15, 0.2) is 0 Å². The lowest BCUT2D eigenvalue weighted by Gasteiger charge is -2.30. The first kappa shape index (κ1) is 15.6. The molecule has 0 unspecified atom stereocenters. The lowest BCUT2D eigenvalue weighted by Crippen LogP contribution is -2.41. The Morgan fingerprint density at radius 3 is 2.67 bits per heavy atom. The van der Waals surface area contributed by atoms with E-state index in [0.29, 0.717) is 12.5 Å². The third kappa shape index (κ3) is 5.25. The number of ether oxygens (including phenoxy) is 1. The second-order valence-electron chi connectivity index (χ2n) is 5.74. The highest BCUT2D eigenvalue weighted by Crippen LogP contribution is 2.28. The highest BCUT2D eigenvalue weighted by atomic mass is 16.5. The van der Waals surface area contributed by atoms with Gasteiger partial charge in [-0.05, 0) is 30.7 Å². The summed E-state index contributed by atoms with van der Waals surface area (Å²) in [4.78, 5) is 12.0. The second-order valence-corrected chi connectivity index (χ2v) is 5.74. The van der Waals surface area contributed by atoms with Gasteiger partial charge in [-0.25, -0.2) is 4.79 Å². The number of benzene rings is 1. The first-order valence-corrected chi connectivity index (χ1v) is 7.87. The quantitative estimate of drug-likeness (QED) is 0.786. The zero-order valence-electron chi connectivity index (χ0n) is 12.6. The summed E-state index contributed by atoms with van der Waals surface area (Å²) in [7, 11) is 0. The van der Waals surface area contributed by atoms with Crippen LogP contribution in [0, 0.1) is 5.92 Å². The molecule has 0 aliphatic heterocycles. The fourth-order valence-electron chi connectivity index (χ4n) is 3.00. The molecule has 1 saturated carbocycles. The number of carbonyl (C=O) groups excluding carboxylic acids is 1. The molecule has 1 atom stereocenters. The molecule has 1 aliphatic rings. The molecule has 1 aromatic carbocycles. The number of amides is 1. The summed E-state index contributed by atoms with van der Waals surface area (Å²) in [5.41, 5.74) is 1.01. The maximum absolute atomic E-state index is 12.0. The van der Waals surface area contributed by atoms with Gasteiger partial charge in [0.1, 0.15) is 6.61 Å². The molecule has 1 N–H and O–H groups in total. The Morgan fingerprint density at radius 1 is 1.29 bits per heavy atom. The van der Waals surface area contributed by atoms with Crippen molar-refractivity contribution in [1.82, 2.24) is 5.32 Å². The summed E-state index contributed by atoms with van der Waals surface area (Å²) in [5, 5.41) is 3.03. The van der Waals surface area contributed by atoms with E-state index in [1.165, 1.54) is 32.1 Å². The van der Waals surface area contributed by atoms with Gasteiger partial charge in [-0.2, -0.15) is 0 Å². The molecule has 2 rings (SSSR count). The molecule has 1 aromatic rings. The lowest BCUT2D eigenvalue weighted by molar-refractivity contribution is 0.129. The van der Waals surface area contributed by atoms with Crippen molar-refractivity contribution in [3.8, 4) is 0 Å². The molecule has 1 amide bonds. The number of alkyl carbamates (subject to hydrolysis) is 1. The summed E-state index contributed by atoms with van der Waals surface area (Å²) < 4.78 is 5.31. The minimum atomic E-state index is -0.323. The molecule has 114 valence electrons. The Hall–Kier alpha value is -1.77. The van der Waals surface area contributed by atoms with Gasteiger partial charge in [0.2, 0.25) is 0 Å². The van der Waals surface area contributed by atoms with E-state index in [4.69, 9.17) is 4.74 Å². The van der Waals surface area contributed by atoms with Crippen LogP contribution in [0.2, 0.25) is 0 Å². The fourth-order valence-corrected chi connectivity index (χ4v) is 3.00. The summed E-state index contributed by atoms with van der Waals surface area (Å²) in [6, 6.07) is 9.90. The molecule has 0 heterocycles. The third-order valence-corrected chi connectivity index (χ3v) is 4.16. The molecular weight excluding hydrogens is 262 g/mol. The van der Waals surface area contributed by atoms with E-state index in [1.54, 1.807) is 0 Å². The number of rotatable bonds is 6. The Kier molecular flexibility index (Phi) is 6.32. The van der Waals surface area contributed by atoms with Gasteiger partial charge in [-0.15, -0.1) is 6.58 Å². The SMILES string of the molecule is C=CC[C@@H](NC(=O)OCc1ccccc1)C1CCCCC1. The minimum Gasteiger partial charge on any atom is -0.445 e. The largest absolute Gasteiger partial charge is 0.445 e. The van der Waals surface area contributed by atoms with Gasteiger partial charge in [0.05, 0.1) is 0 Å². The number of nitrogens with one attached hydrogen (secondary N) is 1. The van der Waals surface area contributed by atoms with Gasteiger partial charge in [0, 0.05) is 6.04 Å². The minimum absolute atomic E-state index is 0.158. The number of hydrogen-bond acceptors (Lipinski definition) is 2. The van der Waals surface area contributed by atoms with Crippen LogP contribution >= 0.6 is 0 Å². The van der Waals surface area contributed by atoms with E-state index in [1.807, 2.05) is 36.4 Å². The molecular formula is C18H25NO2. The van der Waals surface area contributed by atoms with Crippen molar-refractivity contribution in [2.24, 2.45) is 5.92 Å². The maximum Gasteiger partial charge on any atom is 0.407 e. The van der Waals surface area contributed by atoms with E-state index < -0.39 is 0 Å². The third-order valence-electron chi connectivity index (χ3n) is 4.16. The summed E-state index contributed by atoms with van der Waals surface area (Å²) in [6.45, 7) is 4.12. The summed E-state index contributed by atoms with van der Waals surface area (Å²) in [5.74, 6) is 0.557. The summed E-state index contributed by atoms with van der Waals surface area (Å²) in [6.07, 6.45) is 8.60. The normalized spacial score (nSPS) is 17.0. The van der Waals surface area contributed by atoms with Crippen LogP contribution in [-0.4, -0.2) is 12.1 Å². The van der Waals surface area contributed by atoms with Crippen LogP contribution in [0.25, 0.3) is 0 Å². The van der Waals surface area contributed by atoms with E-state index in [9.17, 15) is 4.79 Å². The number of hydrogen-bond donors (Lipinski definition) is 1. The molecule has 1 fully saturated rings. The standard InChI is InChI=1S/C18H25NO2/c1-2-9-17(16-12-7-4-8-13-16)19-18(20)21-14-15-10-5-3-6-11-15/h2-3,5-6,10-11,16-17H,1,4,7-9,12-14H2,(H,19,20)/t17-/m1/s1. The van der Waals surface area contributed by atoms with E-state index in [-0.39, 0.29) is 12.1 Å². The van der Waals surface area contributed by atoms with Crippen LogP contribution in [0.1, 0.15) is 44.1 Å². The highest BCUT2D eigenvalue weighted by Gasteiger charge is 2.24. The summed E-state index contributed by atoms with van der Waals surface area (Å²) >= 11 is 0. The Labute approximate surface area is 127 Å². The molecule has 0 spiro atoms. The van der Waals surface area contributed by atoms with Crippen molar-refractivity contribution in [3.63, 3.8) is 0 Å². The predicted octanol–water partition coefficient (Wildman–Crippen LogP) is 4.44. The zero-order chi connectivity index (χ0) is 14.9. The average Bonchev–Trinajstić information content (AvgIpc) is 2.54. The Bertz CT molecular complexity index is 438. The van der Waals surface area contributed by atoms with E-state index >= 15 is 0 Å². The van der Waals surface area contributed by atoms with Crippen LogP contribution in [-0.2, 0) is 11.3 Å². The van der Waals surface area contributed by atoms with Crippen molar-refractivity contribution >= 4 is 6.09 Å². The topological polar surface area (TPSA) is 38.3 Å². The Morgan fingerprint density at radius 2 is 2.00 bits per heavy atom. The lowest BCUT2D eigenvalue weighted by atomic mass is 9.83. The maximum atomic E-state index is 12.0. The van der Waals surface area contributed by atoms with Gasteiger partial charge < -0.3 is 10.1 Å². The second kappa shape index (κ2) is 8.50. The first-order valence-electron chi connectivity index (χ1n) is 7.87. The van der Waals surface area contributed by atoms with Gasteiger partial charge >= 0.3 is 6.09 Å². The van der Waals surface area contributed by atoms with Crippen molar-refractivity contribution in [3.05, 3.63) is 48.6 Å². The molecule has 0 radical (unpaired) electrons. The first-order chi connectivity index (χ1) is 10.3. The van der Waals surface area contributed by atoms with Crippen LogP contribution in [0.4, 0.5) is 4.79 Å². The predicted molar refractivity (Wildman–Crippen MR) is 84.9 cm³/mol.